The number of nitrogens with zero attached hydrogens (tertiary/aromatic N) is 1. The summed E-state index contributed by atoms with van der Waals surface area (Å²) in [4.78, 5) is 27.0. The molecule has 0 radical (unpaired) electrons. The molecule has 0 spiro atoms. The molecular formula is C18H32N4O7S. The number of carbonyl (C=O) groups excluding carboxylic acids is 2. The van der Waals surface area contributed by atoms with Crippen LogP contribution in [0.1, 0.15) is 33.6 Å². The Kier molecular flexibility index (Phi) is 7.36. The maximum absolute atomic E-state index is 13.3. The minimum atomic E-state index is -3.69. The van der Waals surface area contributed by atoms with Gasteiger partial charge in [0.2, 0.25) is 0 Å². The third kappa shape index (κ3) is 6.05. The van der Waals surface area contributed by atoms with Gasteiger partial charge in [-0.05, 0) is 52.6 Å². The predicted molar refractivity (Wildman–Crippen MR) is 108 cm³/mol. The van der Waals surface area contributed by atoms with Gasteiger partial charge in [0.25, 0.3) is 10.1 Å². The highest BCUT2D eigenvalue weighted by atomic mass is 32.2. The van der Waals surface area contributed by atoms with Gasteiger partial charge in [-0.25, -0.2) is 4.79 Å². The maximum atomic E-state index is 13.3. The minimum absolute atomic E-state index is 0.0111. The van der Waals surface area contributed by atoms with Crippen LogP contribution in [0.2, 0.25) is 0 Å². The zero-order valence-corrected chi connectivity index (χ0v) is 18.7. The zero-order chi connectivity index (χ0) is 22.7. The molecule has 2 heterocycles. The fraction of sp³-hybridized carbons (Fsp3) is 0.833. The standard InChI is InChI=1S/C18H32N4O7S/c1-17(2,3)29-15(23)18(14(19)20,12-5-7-21-8-6-12)11-22-9-13(28-16(22)24)10-27-30(4,25)26/h12-13,21H,5-11H2,1-4H3,(H3,19,20). The first-order valence-corrected chi connectivity index (χ1v) is 11.6. The normalized spacial score (nSPS) is 23.0. The van der Waals surface area contributed by atoms with E-state index in [1.165, 1.54) is 4.90 Å². The quantitative estimate of drug-likeness (QED) is 0.202. The second-order valence-corrected chi connectivity index (χ2v) is 10.4. The van der Waals surface area contributed by atoms with E-state index in [-0.39, 0.29) is 31.4 Å². The van der Waals surface area contributed by atoms with Gasteiger partial charge in [0.1, 0.15) is 29.6 Å². The van der Waals surface area contributed by atoms with Gasteiger partial charge in [0.15, 0.2) is 0 Å². The molecule has 4 N–H and O–H groups in total. The highest BCUT2D eigenvalue weighted by Crippen LogP contribution is 2.38. The van der Waals surface area contributed by atoms with Crippen molar-refractivity contribution in [1.82, 2.24) is 10.2 Å². The maximum Gasteiger partial charge on any atom is 0.410 e. The van der Waals surface area contributed by atoms with Gasteiger partial charge in [-0.15, -0.1) is 0 Å². The number of rotatable bonds is 8. The molecule has 12 heteroatoms. The third-order valence-corrected chi connectivity index (χ3v) is 5.70. The van der Waals surface area contributed by atoms with Crippen molar-refractivity contribution in [3.05, 3.63) is 0 Å². The second kappa shape index (κ2) is 9.06. The first kappa shape index (κ1) is 24.4. The Hall–Kier alpha value is -1.92. The van der Waals surface area contributed by atoms with E-state index in [2.05, 4.69) is 5.32 Å². The molecule has 11 nitrogen and oxygen atoms in total. The van der Waals surface area contributed by atoms with Gasteiger partial charge < -0.3 is 25.4 Å². The highest BCUT2D eigenvalue weighted by molar-refractivity contribution is 7.85. The molecule has 2 rings (SSSR count). The molecule has 30 heavy (non-hydrogen) atoms. The number of nitrogens with one attached hydrogen (secondary N) is 2. The van der Waals surface area contributed by atoms with Crippen molar-refractivity contribution in [2.75, 3.05) is 39.0 Å². The molecule has 0 saturated carbocycles. The lowest BCUT2D eigenvalue weighted by Gasteiger charge is -2.42. The Bertz CT molecular complexity index is 774. The van der Waals surface area contributed by atoms with Gasteiger partial charge in [0.05, 0.1) is 12.8 Å². The van der Waals surface area contributed by atoms with E-state index in [0.29, 0.717) is 25.9 Å². The van der Waals surface area contributed by atoms with E-state index in [4.69, 9.17) is 24.8 Å². The SMILES string of the molecule is CC(C)(C)OC(=O)C(CN1CC(COS(C)(=O)=O)OC1=O)(C(=N)N)C1CCNCC1. The van der Waals surface area contributed by atoms with Crippen molar-refractivity contribution in [2.24, 2.45) is 17.1 Å². The lowest BCUT2D eigenvalue weighted by Crippen LogP contribution is -2.59. The van der Waals surface area contributed by atoms with E-state index >= 15 is 0 Å². The van der Waals surface area contributed by atoms with Crippen LogP contribution in [-0.4, -0.2) is 82.0 Å². The smallest absolute Gasteiger partial charge is 0.410 e. The molecule has 1 amide bonds. The van der Waals surface area contributed by atoms with E-state index < -0.39 is 39.3 Å². The Labute approximate surface area is 177 Å². The molecule has 0 bridgehead atoms. The van der Waals surface area contributed by atoms with Crippen LogP contribution in [0.15, 0.2) is 0 Å². The van der Waals surface area contributed by atoms with Gasteiger partial charge in [-0.1, -0.05) is 0 Å². The number of hydrogen-bond donors (Lipinski definition) is 3. The minimum Gasteiger partial charge on any atom is -0.459 e. The van der Waals surface area contributed by atoms with Gasteiger partial charge in [-0.2, -0.15) is 8.42 Å². The molecule has 2 aliphatic heterocycles. The Morgan fingerprint density at radius 1 is 1.33 bits per heavy atom. The van der Waals surface area contributed by atoms with Crippen LogP contribution >= 0.6 is 0 Å². The van der Waals surface area contributed by atoms with Crippen LogP contribution in [0.4, 0.5) is 4.79 Å². The topological polar surface area (TPSA) is 161 Å². The van der Waals surface area contributed by atoms with Crippen LogP contribution in [-0.2, 0) is 28.6 Å². The molecule has 2 unspecified atom stereocenters. The first-order chi connectivity index (χ1) is 13.7. The molecule has 172 valence electrons. The molecule has 0 aromatic carbocycles. The average molecular weight is 449 g/mol. The lowest BCUT2D eigenvalue weighted by molar-refractivity contribution is -0.167. The van der Waals surface area contributed by atoms with E-state index in [9.17, 15) is 18.0 Å². The first-order valence-electron chi connectivity index (χ1n) is 9.83. The molecule has 2 fully saturated rings. The van der Waals surface area contributed by atoms with E-state index in [1.54, 1.807) is 20.8 Å². The third-order valence-electron chi connectivity index (χ3n) is 5.14. The van der Waals surface area contributed by atoms with Gasteiger partial charge in [-0.3, -0.25) is 14.4 Å². The van der Waals surface area contributed by atoms with Crippen molar-refractivity contribution < 1.29 is 31.7 Å². The lowest BCUT2D eigenvalue weighted by atomic mass is 9.69. The number of amidine groups is 1. The summed E-state index contributed by atoms with van der Waals surface area (Å²) in [5.41, 5.74) is 3.65. The molecule has 2 saturated heterocycles. The molecule has 0 aromatic heterocycles. The van der Waals surface area contributed by atoms with E-state index in [1.807, 2.05) is 0 Å². The van der Waals surface area contributed by atoms with Crippen LogP contribution in [0.3, 0.4) is 0 Å². The van der Waals surface area contributed by atoms with Crippen LogP contribution in [0.25, 0.3) is 0 Å². The summed E-state index contributed by atoms with van der Waals surface area (Å²) in [6.07, 6.45) is 0.538. The number of ether oxygens (including phenoxy) is 2. The number of piperidine rings is 1. The number of esters is 1. The van der Waals surface area contributed by atoms with Crippen molar-refractivity contribution in [3.63, 3.8) is 0 Å². The Morgan fingerprint density at radius 3 is 2.43 bits per heavy atom. The second-order valence-electron chi connectivity index (χ2n) is 8.79. The van der Waals surface area contributed by atoms with Crippen molar-refractivity contribution in [2.45, 2.75) is 45.3 Å². The number of hydrogen-bond acceptors (Lipinski definition) is 9. The van der Waals surface area contributed by atoms with Gasteiger partial charge in [0, 0.05) is 6.54 Å². The largest absolute Gasteiger partial charge is 0.459 e. The average Bonchev–Trinajstić information content (AvgIpc) is 2.95. The molecular weight excluding hydrogens is 416 g/mol. The number of carbonyl (C=O) groups is 2. The molecule has 0 aliphatic carbocycles. The van der Waals surface area contributed by atoms with E-state index in [0.717, 1.165) is 6.26 Å². The monoisotopic (exact) mass is 448 g/mol. The molecule has 2 aliphatic rings. The molecule has 2 atom stereocenters. The Balaban J connectivity index is 2.29. The van der Waals surface area contributed by atoms with Crippen molar-refractivity contribution in [1.29, 1.82) is 5.41 Å². The van der Waals surface area contributed by atoms with Crippen LogP contribution in [0, 0.1) is 16.7 Å². The number of amides is 1. The fourth-order valence-electron chi connectivity index (χ4n) is 3.75. The van der Waals surface area contributed by atoms with Crippen LogP contribution in [0.5, 0.6) is 0 Å². The summed E-state index contributed by atoms with van der Waals surface area (Å²) in [5.74, 6) is -1.32. The fourth-order valence-corrected chi connectivity index (χ4v) is 4.15. The summed E-state index contributed by atoms with van der Waals surface area (Å²) in [6.45, 7) is 5.97. The van der Waals surface area contributed by atoms with Crippen LogP contribution < -0.4 is 11.1 Å². The molecule has 0 aromatic rings. The summed E-state index contributed by atoms with van der Waals surface area (Å²) in [6, 6.07) is 0. The van der Waals surface area contributed by atoms with Crippen molar-refractivity contribution in [3.8, 4) is 0 Å². The van der Waals surface area contributed by atoms with Gasteiger partial charge >= 0.3 is 12.1 Å². The predicted octanol–water partition coefficient (Wildman–Crippen LogP) is 0.0471. The summed E-state index contributed by atoms with van der Waals surface area (Å²) in [7, 11) is -3.69. The van der Waals surface area contributed by atoms with Crippen molar-refractivity contribution >= 4 is 28.0 Å². The summed E-state index contributed by atoms with van der Waals surface area (Å²) in [5, 5.41) is 11.5. The highest BCUT2D eigenvalue weighted by Gasteiger charge is 2.54. The Morgan fingerprint density at radius 2 is 1.93 bits per heavy atom. The number of cyclic esters (lactones) is 1. The number of nitrogens with two attached hydrogens (primary N) is 1. The zero-order valence-electron chi connectivity index (χ0n) is 17.9. The summed E-state index contributed by atoms with van der Waals surface area (Å²) >= 11 is 0. The summed E-state index contributed by atoms with van der Waals surface area (Å²) < 4.78 is 37.9.